The van der Waals surface area contributed by atoms with E-state index in [1.54, 1.807) is 11.8 Å². The maximum atomic E-state index is 12.0. The number of hydrogen-bond donors (Lipinski definition) is 0. The molecule has 1 amide bonds. The fraction of sp³-hybridized carbons (Fsp3) is 0.500. The van der Waals surface area contributed by atoms with Crippen LogP contribution >= 0.6 is 0 Å². The first-order valence-electron chi connectivity index (χ1n) is 7.52. The van der Waals surface area contributed by atoms with Gasteiger partial charge in [0.1, 0.15) is 6.61 Å². The molecule has 0 unspecified atom stereocenters. The van der Waals surface area contributed by atoms with Crippen molar-refractivity contribution >= 4 is 12.1 Å². The maximum absolute atomic E-state index is 12.0. The highest BCUT2D eigenvalue weighted by atomic mass is 16.6. The maximum Gasteiger partial charge on any atom is 0.410 e. The molecular formula is C16H22N2O4. The van der Waals surface area contributed by atoms with Crippen molar-refractivity contribution in [2.24, 2.45) is 0 Å². The van der Waals surface area contributed by atoms with Gasteiger partial charge in [-0.1, -0.05) is 30.3 Å². The second-order valence-electron chi connectivity index (χ2n) is 5.11. The van der Waals surface area contributed by atoms with Gasteiger partial charge in [-0.3, -0.25) is 9.69 Å². The van der Waals surface area contributed by atoms with E-state index in [1.807, 2.05) is 35.2 Å². The summed E-state index contributed by atoms with van der Waals surface area (Å²) in [6, 6.07) is 9.60. The third-order valence-corrected chi connectivity index (χ3v) is 3.49. The Kier molecular flexibility index (Phi) is 6.21. The molecule has 0 radical (unpaired) electrons. The Balaban J connectivity index is 1.69. The van der Waals surface area contributed by atoms with Crippen LogP contribution in [0.1, 0.15) is 12.5 Å². The van der Waals surface area contributed by atoms with Crippen molar-refractivity contribution in [2.45, 2.75) is 13.5 Å². The van der Waals surface area contributed by atoms with Gasteiger partial charge in [-0.05, 0) is 12.5 Å². The van der Waals surface area contributed by atoms with Gasteiger partial charge in [0, 0.05) is 26.2 Å². The van der Waals surface area contributed by atoms with Gasteiger partial charge in [-0.2, -0.15) is 0 Å². The number of amides is 1. The Labute approximate surface area is 130 Å². The third-order valence-electron chi connectivity index (χ3n) is 3.49. The molecule has 22 heavy (non-hydrogen) atoms. The van der Waals surface area contributed by atoms with Gasteiger partial charge < -0.3 is 14.4 Å². The highest BCUT2D eigenvalue weighted by molar-refractivity contribution is 5.71. The highest BCUT2D eigenvalue weighted by Gasteiger charge is 2.23. The molecule has 0 saturated carbocycles. The van der Waals surface area contributed by atoms with Crippen LogP contribution in [0.4, 0.5) is 4.79 Å². The fourth-order valence-electron chi connectivity index (χ4n) is 2.29. The second-order valence-corrected chi connectivity index (χ2v) is 5.11. The average molecular weight is 306 g/mol. The number of esters is 1. The molecule has 0 atom stereocenters. The Morgan fingerprint density at radius 2 is 1.73 bits per heavy atom. The number of carbonyl (C=O) groups excluding carboxylic acids is 2. The summed E-state index contributed by atoms with van der Waals surface area (Å²) in [5.74, 6) is -0.220. The standard InChI is InChI=1S/C16H22N2O4/c1-2-21-15(19)12-17-8-10-18(11-9-17)16(20)22-13-14-6-4-3-5-7-14/h3-7H,2,8-13H2,1H3. The van der Waals surface area contributed by atoms with Crippen molar-refractivity contribution in [3.05, 3.63) is 35.9 Å². The highest BCUT2D eigenvalue weighted by Crippen LogP contribution is 2.07. The van der Waals surface area contributed by atoms with Crippen LogP contribution in [-0.4, -0.2) is 61.2 Å². The summed E-state index contributed by atoms with van der Waals surface area (Å²) >= 11 is 0. The fourth-order valence-corrected chi connectivity index (χ4v) is 2.29. The van der Waals surface area contributed by atoms with Gasteiger partial charge in [0.05, 0.1) is 13.2 Å². The summed E-state index contributed by atoms with van der Waals surface area (Å²) in [4.78, 5) is 27.1. The molecule has 6 nitrogen and oxygen atoms in total. The molecule has 1 aliphatic heterocycles. The predicted octanol–water partition coefficient (Wildman–Crippen LogP) is 1.50. The predicted molar refractivity (Wildman–Crippen MR) is 81.3 cm³/mol. The van der Waals surface area contributed by atoms with Gasteiger partial charge in [-0.25, -0.2) is 4.79 Å². The van der Waals surface area contributed by atoms with E-state index in [2.05, 4.69) is 0 Å². The van der Waals surface area contributed by atoms with Crippen LogP contribution in [0.2, 0.25) is 0 Å². The molecule has 1 aromatic carbocycles. The molecule has 0 aromatic heterocycles. The minimum absolute atomic E-state index is 0.220. The second kappa shape index (κ2) is 8.38. The van der Waals surface area contributed by atoms with E-state index in [0.717, 1.165) is 5.56 Å². The molecule has 0 bridgehead atoms. The van der Waals surface area contributed by atoms with Crippen LogP contribution in [0, 0.1) is 0 Å². The van der Waals surface area contributed by atoms with Crippen molar-refractivity contribution < 1.29 is 19.1 Å². The molecule has 2 rings (SSSR count). The topological polar surface area (TPSA) is 59.1 Å². The lowest BCUT2D eigenvalue weighted by atomic mass is 10.2. The third kappa shape index (κ3) is 5.04. The lowest BCUT2D eigenvalue weighted by Crippen LogP contribution is -2.50. The van der Waals surface area contributed by atoms with E-state index in [0.29, 0.717) is 32.8 Å². The van der Waals surface area contributed by atoms with E-state index >= 15 is 0 Å². The first kappa shape index (κ1) is 16.3. The summed E-state index contributed by atoms with van der Waals surface area (Å²) < 4.78 is 10.2. The zero-order chi connectivity index (χ0) is 15.8. The van der Waals surface area contributed by atoms with Crippen LogP contribution in [-0.2, 0) is 20.9 Å². The molecule has 1 heterocycles. The molecule has 0 aliphatic carbocycles. The SMILES string of the molecule is CCOC(=O)CN1CCN(C(=O)OCc2ccccc2)CC1. The number of piperazine rings is 1. The largest absolute Gasteiger partial charge is 0.465 e. The van der Waals surface area contributed by atoms with Crippen LogP contribution < -0.4 is 0 Å². The average Bonchev–Trinajstić information content (AvgIpc) is 2.54. The van der Waals surface area contributed by atoms with Crippen molar-refractivity contribution in [1.82, 2.24) is 9.80 Å². The molecule has 1 saturated heterocycles. The summed E-state index contributed by atoms with van der Waals surface area (Å²) in [6.45, 7) is 5.17. The van der Waals surface area contributed by atoms with E-state index in [1.165, 1.54) is 0 Å². The zero-order valence-corrected chi connectivity index (χ0v) is 12.9. The summed E-state index contributed by atoms with van der Waals surface area (Å²) in [5, 5.41) is 0. The Bertz CT molecular complexity index is 484. The first-order valence-corrected chi connectivity index (χ1v) is 7.52. The van der Waals surface area contributed by atoms with Crippen LogP contribution in [0.3, 0.4) is 0 Å². The summed E-state index contributed by atoms with van der Waals surface area (Å²) in [6.07, 6.45) is -0.306. The quantitative estimate of drug-likeness (QED) is 0.772. The molecule has 0 spiro atoms. The van der Waals surface area contributed by atoms with Gasteiger partial charge in [0.15, 0.2) is 0 Å². The lowest BCUT2D eigenvalue weighted by Gasteiger charge is -2.33. The van der Waals surface area contributed by atoms with Crippen molar-refractivity contribution in [3.8, 4) is 0 Å². The van der Waals surface area contributed by atoms with Gasteiger partial charge in [-0.15, -0.1) is 0 Å². The number of benzene rings is 1. The number of carbonyl (C=O) groups is 2. The zero-order valence-electron chi connectivity index (χ0n) is 12.9. The van der Waals surface area contributed by atoms with E-state index < -0.39 is 0 Å². The number of nitrogens with zero attached hydrogens (tertiary/aromatic N) is 2. The molecule has 6 heteroatoms. The Hall–Kier alpha value is -2.08. The molecular weight excluding hydrogens is 284 g/mol. The normalized spacial score (nSPS) is 15.4. The molecule has 0 N–H and O–H groups in total. The van der Waals surface area contributed by atoms with Crippen LogP contribution in [0.15, 0.2) is 30.3 Å². The van der Waals surface area contributed by atoms with Crippen molar-refractivity contribution in [3.63, 3.8) is 0 Å². The molecule has 1 fully saturated rings. The molecule has 1 aliphatic rings. The number of hydrogen-bond acceptors (Lipinski definition) is 5. The van der Waals surface area contributed by atoms with Gasteiger partial charge >= 0.3 is 12.1 Å². The monoisotopic (exact) mass is 306 g/mol. The van der Waals surface area contributed by atoms with E-state index in [-0.39, 0.29) is 25.2 Å². The number of rotatable bonds is 5. The molecule has 120 valence electrons. The smallest absolute Gasteiger partial charge is 0.410 e. The van der Waals surface area contributed by atoms with Crippen molar-refractivity contribution in [1.29, 1.82) is 0 Å². The van der Waals surface area contributed by atoms with Crippen LogP contribution in [0.5, 0.6) is 0 Å². The van der Waals surface area contributed by atoms with Crippen molar-refractivity contribution in [2.75, 3.05) is 39.3 Å². The van der Waals surface area contributed by atoms with Gasteiger partial charge in [0.25, 0.3) is 0 Å². The number of ether oxygens (including phenoxy) is 2. The lowest BCUT2D eigenvalue weighted by molar-refractivity contribution is -0.144. The minimum atomic E-state index is -0.306. The Morgan fingerprint density at radius 1 is 1.05 bits per heavy atom. The van der Waals surface area contributed by atoms with Crippen LogP contribution in [0.25, 0.3) is 0 Å². The molecule has 1 aromatic rings. The van der Waals surface area contributed by atoms with E-state index in [4.69, 9.17) is 9.47 Å². The summed E-state index contributed by atoms with van der Waals surface area (Å²) in [7, 11) is 0. The summed E-state index contributed by atoms with van der Waals surface area (Å²) in [5.41, 5.74) is 0.969. The first-order chi connectivity index (χ1) is 10.7. The Morgan fingerprint density at radius 3 is 2.36 bits per heavy atom. The minimum Gasteiger partial charge on any atom is -0.465 e. The van der Waals surface area contributed by atoms with E-state index in [9.17, 15) is 9.59 Å². The van der Waals surface area contributed by atoms with Gasteiger partial charge in [0.2, 0.25) is 0 Å².